The van der Waals surface area contributed by atoms with Crippen LogP contribution in [0.2, 0.25) is 0 Å². The molecule has 0 aromatic heterocycles. The highest BCUT2D eigenvalue weighted by molar-refractivity contribution is 5.94. The molecular weight excluding hydrogens is 360 g/mol. The minimum atomic E-state index is -0.157. The Morgan fingerprint density at radius 1 is 1.15 bits per heavy atom. The van der Waals surface area contributed by atoms with Crippen LogP contribution in [0.1, 0.15) is 12.0 Å². The molecule has 2 aromatic carbocycles. The van der Waals surface area contributed by atoms with Gasteiger partial charge in [0.15, 0.2) is 11.5 Å². The highest BCUT2D eigenvalue weighted by Gasteiger charge is 2.17. The van der Waals surface area contributed by atoms with Crippen LogP contribution >= 0.6 is 12.4 Å². The second-order valence-electron chi connectivity index (χ2n) is 5.52. The second kappa shape index (κ2) is 8.53. The first kappa shape index (κ1) is 19.5. The number of methoxy groups -OCH3 is 2. The lowest BCUT2D eigenvalue weighted by atomic mass is 10.1. The van der Waals surface area contributed by atoms with Gasteiger partial charge >= 0.3 is 0 Å². The Bertz CT molecular complexity index is 797. The Hall–Kier alpha value is -2.80. The second-order valence-corrected chi connectivity index (χ2v) is 5.52. The summed E-state index contributed by atoms with van der Waals surface area (Å²) < 4.78 is 21.1. The molecule has 1 aliphatic rings. The molecule has 26 heavy (non-hydrogen) atoms. The molecule has 0 saturated heterocycles. The third kappa shape index (κ3) is 4.23. The van der Waals surface area contributed by atoms with Crippen LogP contribution in [0.15, 0.2) is 30.3 Å². The number of hydrogen-bond acceptors (Lipinski definition) is 6. The Morgan fingerprint density at radius 2 is 1.88 bits per heavy atom. The van der Waals surface area contributed by atoms with E-state index in [0.717, 1.165) is 17.1 Å². The smallest absolute Gasteiger partial charge is 0.231 e. The van der Waals surface area contributed by atoms with Crippen LogP contribution in [-0.2, 0) is 11.2 Å². The van der Waals surface area contributed by atoms with E-state index in [4.69, 9.17) is 24.7 Å². The third-order valence-electron chi connectivity index (χ3n) is 3.93. The number of ether oxygens (including phenoxy) is 4. The summed E-state index contributed by atoms with van der Waals surface area (Å²) in [5.41, 5.74) is 7.78. The van der Waals surface area contributed by atoms with E-state index >= 15 is 0 Å². The molecular formula is C18H21ClN2O5. The zero-order chi connectivity index (χ0) is 17.8. The van der Waals surface area contributed by atoms with Crippen LogP contribution in [0.25, 0.3) is 0 Å². The van der Waals surface area contributed by atoms with E-state index in [1.165, 1.54) is 0 Å². The number of carbonyl (C=O) groups is 1. The highest BCUT2D eigenvalue weighted by Crippen LogP contribution is 2.38. The first-order chi connectivity index (χ1) is 12.1. The molecule has 7 nitrogen and oxygen atoms in total. The Kier molecular flexibility index (Phi) is 6.41. The molecule has 0 spiro atoms. The average Bonchev–Trinajstić information content (AvgIpc) is 3.07. The fourth-order valence-electron chi connectivity index (χ4n) is 2.60. The first-order valence-electron chi connectivity index (χ1n) is 7.80. The van der Waals surface area contributed by atoms with Gasteiger partial charge in [-0.2, -0.15) is 0 Å². The predicted octanol–water partition coefficient (Wildman–Crippen LogP) is 3.01. The number of fused-ring (bicyclic) bond motifs is 1. The summed E-state index contributed by atoms with van der Waals surface area (Å²) in [5, 5.41) is 2.80. The molecule has 1 heterocycles. The van der Waals surface area contributed by atoms with Crippen molar-refractivity contribution < 1.29 is 23.7 Å². The number of nitrogens with two attached hydrogens (primary N) is 1. The maximum Gasteiger partial charge on any atom is 0.231 e. The highest BCUT2D eigenvalue weighted by atomic mass is 35.5. The lowest BCUT2D eigenvalue weighted by molar-refractivity contribution is -0.116. The zero-order valence-electron chi connectivity index (χ0n) is 14.5. The number of amides is 1. The van der Waals surface area contributed by atoms with Crippen LogP contribution in [-0.4, -0.2) is 26.9 Å². The molecule has 8 heteroatoms. The molecule has 0 aliphatic carbocycles. The van der Waals surface area contributed by atoms with Gasteiger partial charge in [0, 0.05) is 18.6 Å². The van der Waals surface area contributed by atoms with Gasteiger partial charge in [-0.25, -0.2) is 0 Å². The minimum absolute atomic E-state index is 0. The SMILES string of the molecule is COc1ccc(OC)c(CCC(=O)Nc2cc3c(cc2N)OCO3)c1.Cl. The summed E-state index contributed by atoms with van der Waals surface area (Å²) in [6.45, 7) is 0.155. The molecule has 140 valence electrons. The van der Waals surface area contributed by atoms with E-state index in [1.807, 2.05) is 18.2 Å². The van der Waals surface area contributed by atoms with Gasteiger partial charge in [-0.05, 0) is 30.2 Å². The number of carbonyl (C=O) groups excluding carboxylic acids is 1. The largest absolute Gasteiger partial charge is 0.497 e. The maximum absolute atomic E-state index is 12.3. The van der Waals surface area contributed by atoms with E-state index in [-0.39, 0.29) is 31.5 Å². The fourth-order valence-corrected chi connectivity index (χ4v) is 2.60. The third-order valence-corrected chi connectivity index (χ3v) is 3.93. The molecule has 0 fully saturated rings. The van der Waals surface area contributed by atoms with E-state index in [1.54, 1.807) is 26.4 Å². The van der Waals surface area contributed by atoms with Gasteiger partial charge in [0.1, 0.15) is 11.5 Å². The zero-order valence-corrected chi connectivity index (χ0v) is 15.4. The summed E-state index contributed by atoms with van der Waals surface area (Å²) >= 11 is 0. The van der Waals surface area contributed by atoms with Crippen molar-refractivity contribution in [2.75, 3.05) is 32.1 Å². The molecule has 0 radical (unpaired) electrons. The molecule has 3 rings (SSSR count). The summed E-state index contributed by atoms with van der Waals surface area (Å²) in [4.78, 5) is 12.3. The van der Waals surface area contributed by atoms with E-state index in [0.29, 0.717) is 29.3 Å². The Balaban J connectivity index is 0.00000243. The van der Waals surface area contributed by atoms with Crippen molar-refractivity contribution >= 4 is 29.7 Å². The first-order valence-corrected chi connectivity index (χ1v) is 7.80. The van der Waals surface area contributed by atoms with Gasteiger partial charge in [-0.1, -0.05) is 0 Å². The summed E-state index contributed by atoms with van der Waals surface area (Å²) in [6.07, 6.45) is 0.786. The lowest BCUT2D eigenvalue weighted by Gasteiger charge is -2.12. The van der Waals surface area contributed by atoms with Crippen molar-refractivity contribution in [1.29, 1.82) is 0 Å². The van der Waals surface area contributed by atoms with Gasteiger partial charge in [0.05, 0.1) is 25.6 Å². The summed E-state index contributed by atoms with van der Waals surface area (Å²) in [5.74, 6) is 2.43. The maximum atomic E-state index is 12.3. The van der Waals surface area contributed by atoms with E-state index < -0.39 is 0 Å². The molecule has 2 aromatic rings. The van der Waals surface area contributed by atoms with Crippen LogP contribution in [0, 0.1) is 0 Å². The van der Waals surface area contributed by atoms with Crippen molar-refractivity contribution in [2.24, 2.45) is 0 Å². The number of benzene rings is 2. The predicted molar refractivity (Wildman–Crippen MR) is 101 cm³/mol. The standard InChI is InChI=1S/C18H20N2O5.ClH/c1-22-12-4-5-15(23-2)11(7-12)3-6-18(21)20-14-9-17-16(8-13(14)19)24-10-25-17;/h4-5,7-9H,3,6,10,19H2,1-2H3,(H,20,21);1H. The average molecular weight is 381 g/mol. The van der Waals surface area contributed by atoms with Crippen molar-refractivity contribution in [3.05, 3.63) is 35.9 Å². The number of halogens is 1. The molecule has 1 amide bonds. The van der Waals surface area contributed by atoms with Crippen molar-refractivity contribution in [3.8, 4) is 23.0 Å². The minimum Gasteiger partial charge on any atom is -0.497 e. The molecule has 3 N–H and O–H groups in total. The van der Waals surface area contributed by atoms with Gasteiger partial charge in [0.2, 0.25) is 12.7 Å². The topological polar surface area (TPSA) is 92.0 Å². The van der Waals surface area contributed by atoms with Crippen LogP contribution in [0.5, 0.6) is 23.0 Å². The van der Waals surface area contributed by atoms with Crippen LogP contribution in [0.4, 0.5) is 11.4 Å². The number of nitrogens with one attached hydrogen (secondary N) is 1. The van der Waals surface area contributed by atoms with Gasteiger partial charge < -0.3 is 30.0 Å². The Labute approximate surface area is 157 Å². The molecule has 0 unspecified atom stereocenters. The number of aryl methyl sites for hydroxylation is 1. The number of rotatable bonds is 6. The monoisotopic (exact) mass is 380 g/mol. The van der Waals surface area contributed by atoms with Gasteiger partial charge in [0.25, 0.3) is 0 Å². The summed E-state index contributed by atoms with van der Waals surface area (Å²) in [6, 6.07) is 8.81. The number of anilines is 2. The number of nitrogen functional groups attached to an aromatic ring is 1. The van der Waals surface area contributed by atoms with Gasteiger partial charge in [-0.3, -0.25) is 4.79 Å². The molecule has 1 aliphatic heterocycles. The van der Waals surface area contributed by atoms with Gasteiger partial charge in [-0.15, -0.1) is 12.4 Å². The molecule has 0 atom stereocenters. The van der Waals surface area contributed by atoms with Crippen LogP contribution in [0.3, 0.4) is 0 Å². The number of hydrogen-bond donors (Lipinski definition) is 2. The lowest BCUT2D eigenvalue weighted by Crippen LogP contribution is -2.14. The Morgan fingerprint density at radius 3 is 2.58 bits per heavy atom. The van der Waals surface area contributed by atoms with Crippen molar-refractivity contribution in [1.82, 2.24) is 0 Å². The normalized spacial score (nSPS) is 11.5. The summed E-state index contributed by atoms with van der Waals surface area (Å²) in [7, 11) is 3.19. The van der Waals surface area contributed by atoms with Crippen molar-refractivity contribution in [3.63, 3.8) is 0 Å². The molecule has 0 bridgehead atoms. The molecule has 0 saturated carbocycles. The van der Waals surface area contributed by atoms with Crippen LogP contribution < -0.4 is 30.0 Å². The van der Waals surface area contributed by atoms with E-state index in [2.05, 4.69) is 5.32 Å². The fraction of sp³-hybridized carbons (Fsp3) is 0.278. The van der Waals surface area contributed by atoms with Crippen molar-refractivity contribution in [2.45, 2.75) is 12.8 Å². The van der Waals surface area contributed by atoms with E-state index in [9.17, 15) is 4.79 Å². The quantitative estimate of drug-likeness (QED) is 0.748.